The minimum absolute atomic E-state index is 0.261. The molecule has 0 spiro atoms. The summed E-state index contributed by atoms with van der Waals surface area (Å²) in [4.78, 5) is 8.42. The second kappa shape index (κ2) is 5.21. The van der Waals surface area contributed by atoms with Crippen molar-refractivity contribution in [3.63, 3.8) is 0 Å². The summed E-state index contributed by atoms with van der Waals surface area (Å²) in [6.07, 6.45) is 0.291. The number of fused-ring (bicyclic) bond motifs is 1. The first-order valence-corrected chi connectivity index (χ1v) is 6.34. The Morgan fingerprint density at radius 2 is 1.86 bits per heavy atom. The van der Waals surface area contributed by atoms with Gasteiger partial charge in [0.15, 0.2) is 11.5 Å². The normalized spacial score (nSPS) is 11.6. The van der Waals surface area contributed by atoms with Gasteiger partial charge in [-0.2, -0.15) is 0 Å². The van der Waals surface area contributed by atoms with Gasteiger partial charge in [0.1, 0.15) is 5.75 Å². The van der Waals surface area contributed by atoms with E-state index in [2.05, 4.69) is 20.0 Å². The largest absolute Gasteiger partial charge is 0.573 e. The van der Waals surface area contributed by atoms with E-state index in [1.165, 1.54) is 12.1 Å². The van der Waals surface area contributed by atoms with Crippen LogP contribution in [-0.2, 0) is 0 Å². The fourth-order valence-corrected chi connectivity index (χ4v) is 2.14. The molecule has 0 fully saturated rings. The molecule has 0 saturated heterocycles. The standard InChI is InChI=1S/C14H11F3N4O/c1-18-12-13-20-8-11(21(13)7-6-19-12)9-2-4-10(5-3-9)22-14(15,16)17/h2-8H,1H3,(H,18,19). The molecule has 3 aromatic rings. The summed E-state index contributed by atoms with van der Waals surface area (Å²) in [5.74, 6) is 0.355. The fraction of sp³-hybridized carbons (Fsp3) is 0.143. The lowest BCUT2D eigenvalue weighted by Crippen LogP contribution is -2.16. The molecule has 8 heteroatoms. The first-order valence-electron chi connectivity index (χ1n) is 6.34. The molecule has 0 aliphatic heterocycles. The van der Waals surface area contributed by atoms with Crippen LogP contribution in [0.1, 0.15) is 0 Å². The van der Waals surface area contributed by atoms with Crippen LogP contribution in [-0.4, -0.2) is 27.8 Å². The van der Waals surface area contributed by atoms with Gasteiger partial charge >= 0.3 is 6.36 Å². The van der Waals surface area contributed by atoms with Crippen LogP contribution in [0.3, 0.4) is 0 Å². The molecular weight excluding hydrogens is 297 g/mol. The van der Waals surface area contributed by atoms with Crippen LogP contribution in [0, 0.1) is 0 Å². The summed E-state index contributed by atoms with van der Waals surface area (Å²) in [6, 6.07) is 5.62. The predicted octanol–water partition coefficient (Wildman–Crippen LogP) is 3.34. The molecule has 0 radical (unpaired) electrons. The van der Waals surface area contributed by atoms with Gasteiger partial charge in [0.05, 0.1) is 11.9 Å². The molecule has 1 N–H and O–H groups in total. The molecule has 2 aromatic heterocycles. The van der Waals surface area contributed by atoms with Crippen molar-refractivity contribution in [2.24, 2.45) is 0 Å². The minimum atomic E-state index is -4.70. The van der Waals surface area contributed by atoms with Crippen LogP contribution in [0.2, 0.25) is 0 Å². The number of ether oxygens (including phenoxy) is 1. The number of hydrogen-bond acceptors (Lipinski definition) is 4. The maximum atomic E-state index is 12.2. The number of nitrogens with one attached hydrogen (secondary N) is 1. The number of nitrogens with zero attached hydrogens (tertiary/aromatic N) is 3. The number of halogens is 3. The molecule has 0 bridgehead atoms. The Bertz CT molecular complexity index is 796. The summed E-state index contributed by atoms with van der Waals surface area (Å²) < 4.78 is 42.1. The van der Waals surface area contributed by atoms with Gasteiger partial charge in [-0.05, 0) is 24.3 Å². The highest BCUT2D eigenvalue weighted by molar-refractivity contribution is 5.70. The topological polar surface area (TPSA) is 51.5 Å². The number of hydrogen-bond donors (Lipinski definition) is 1. The molecule has 1 aromatic carbocycles. The zero-order valence-corrected chi connectivity index (χ0v) is 11.4. The number of anilines is 1. The Morgan fingerprint density at radius 3 is 2.50 bits per heavy atom. The van der Waals surface area contributed by atoms with E-state index < -0.39 is 6.36 Å². The molecule has 0 amide bonds. The van der Waals surface area contributed by atoms with Crippen LogP contribution in [0.15, 0.2) is 42.9 Å². The van der Waals surface area contributed by atoms with Crippen LogP contribution in [0.4, 0.5) is 19.0 Å². The van der Waals surface area contributed by atoms with E-state index in [4.69, 9.17) is 0 Å². The fourth-order valence-electron chi connectivity index (χ4n) is 2.14. The molecule has 0 saturated carbocycles. The summed E-state index contributed by atoms with van der Waals surface area (Å²) in [5.41, 5.74) is 2.10. The van der Waals surface area contributed by atoms with Crippen molar-refractivity contribution >= 4 is 11.5 Å². The monoisotopic (exact) mass is 308 g/mol. The second-order valence-corrected chi connectivity index (χ2v) is 4.44. The zero-order chi connectivity index (χ0) is 15.7. The molecule has 2 heterocycles. The van der Waals surface area contributed by atoms with Gasteiger partial charge in [-0.1, -0.05) is 0 Å². The highest BCUT2D eigenvalue weighted by atomic mass is 19.4. The number of rotatable bonds is 3. The van der Waals surface area contributed by atoms with Gasteiger partial charge in [-0.25, -0.2) is 9.97 Å². The molecule has 0 unspecified atom stereocenters. The predicted molar refractivity (Wildman–Crippen MR) is 74.7 cm³/mol. The van der Waals surface area contributed by atoms with Gasteiger partial charge in [-0.3, -0.25) is 4.40 Å². The third-order valence-electron chi connectivity index (χ3n) is 3.05. The number of benzene rings is 1. The summed E-state index contributed by atoms with van der Waals surface area (Å²) in [6.45, 7) is 0. The smallest absolute Gasteiger partial charge is 0.406 e. The quantitative estimate of drug-likeness (QED) is 0.806. The Balaban J connectivity index is 1.98. The summed E-state index contributed by atoms with van der Waals surface area (Å²) in [7, 11) is 1.74. The molecular formula is C14H11F3N4O. The van der Waals surface area contributed by atoms with Crippen LogP contribution < -0.4 is 10.1 Å². The van der Waals surface area contributed by atoms with E-state index >= 15 is 0 Å². The van der Waals surface area contributed by atoms with Gasteiger partial charge in [0, 0.05) is 25.0 Å². The first kappa shape index (κ1) is 14.2. The number of imidazole rings is 1. The first-order chi connectivity index (χ1) is 10.5. The molecule has 114 valence electrons. The summed E-state index contributed by atoms with van der Waals surface area (Å²) in [5, 5.41) is 2.93. The average Bonchev–Trinajstić information content (AvgIpc) is 2.90. The minimum Gasteiger partial charge on any atom is -0.406 e. The van der Waals surface area contributed by atoms with Crippen molar-refractivity contribution in [2.45, 2.75) is 6.36 Å². The lowest BCUT2D eigenvalue weighted by atomic mass is 10.1. The lowest BCUT2D eigenvalue weighted by Gasteiger charge is -2.09. The van der Waals surface area contributed by atoms with Gasteiger partial charge in [0.25, 0.3) is 0 Å². The Kier molecular flexibility index (Phi) is 3.36. The maximum absolute atomic E-state index is 12.2. The SMILES string of the molecule is CNc1nccn2c(-c3ccc(OC(F)(F)F)cc3)cnc12. The van der Waals surface area contributed by atoms with Crippen molar-refractivity contribution < 1.29 is 17.9 Å². The summed E-state index contributed by atoms with van der Waals surface area (Å²) >= 11 is 0. The van der Waals surface area contributed by atoms with Crippen molar-refractivity contribution in [3.8, 4) is 17.0 Å². The van der Waals surface area contributed by atoms with Gasteiger partial charge in [-0.15, -0.1) is 13.2 Å². The Hall–Kier alpha value is -2.77. The van der Waals surface area contributed by atoms with Crippen molar-refractivity contribution in [3.05, 3.63) is 42.9 Å². The van der Waals surface area contributed by atoms with Crippen molar-refractivity contribution in [1.29, 1.82) is 0 Å². The van der Waals surface area contributed by atoms with E-state index in [0.717, 1.165) is 11.3 Å². The average molecular weight is 308 g/mol. The Labute approximate surface area is 123 Å². The van der Waals surface area contributed by atoms with E-state index in [0.29, 0.717) is 11.5 Å². The number of alkyl halides is 3. The van der Waals surface area contributed by atoms with Crippen LogP contribution >= 0.6 is 0 Å². The van der Waals surface area contributed by atoms with Crippen molar-refractivity contribution in [2.75, 3.05) is 12.4 Å². The van der Waals surface area contributed by atoms with E-state index in [1.54, 1.807) is 42.2 Å². The van der Waals surface area contributed by atoms with Gasteiger partial charge in [0.2, 0.25) is 0 Å². The third-order valence-corrected chi connectivity index (χ3v) is 3.05. The maximum Gasteiger partial charge on any atom is 0.573 e. The molecule has 3 rings (SSSR count). The Morgan fingerprint density at radius 1 is 1.14 bits per heavy atom. The van der Waals surface area contributed by atoms with E-state index in [-0.39, 0.29) is 5.75 Å². The van der Waals surface area contributed by atoms with E-state index in [9.17, 15) is 13.2 Å². The molecule has 0 aliphatic rings. The number of aromatic nitrogens is 3. The lowest BCUT2D eigenvalue weighted by molar-refractivity contribution is -0.274. The third kappa shape index (κ3) is 2.67. The highest BCUT2D eigenvalue weighted by Crippen LogP contribution is 2.27. The molecule has 5 nitrogen and oxygen atoms in total. The zero-order valence-electron chi connectivity index (χ0n) is 11.4. The van der Waals surface area contributed by atoms with Crippen LogP contribution in [0.25, 0.3) is 16.9 Å². The molecule has 0 atom stereocenters. The van der Waals surface area contributed by atoms with E-state index in [1.807, 2.05) is 0 Å². The highest BCUT2D eigenvalue weighted by Gasteiger charge is 2.31. The second-order valence-electron chi connectivity index (χ2n) is 4.44. The molecule has 0 aliphatic carbocycles. The molecule has 22 heavy (non-hydrogen) atoms. The van der Waals surface area contributed by atoms with Crippen molar-refractivity contribution in [1.82, 2.24) is 14.4 Å². The van der Waals surface area contributed by atoms with Crippen LogP contribution in [0.5, 0.6) is 5.75 Å². The van der Waals surface area contributed by atoms with Gasteiger partial charge < -0.3 is 10.1 Å².